The van der Waals surface area contributed by atoms with Crippen LogP contribution >= 0.6 is 0 Å². The number of rotatable bonds is 6. The van der Waals surface area contributed by atoms with Crippen LogP contribution in [0.4, 0.5) is 17.5 Å². The summed E-state index contributed by atoms with van der Waals surface area (Å²) in [5.41, 5.74) is 2.20. The lowest BCUT2D eigenvalue weighted by Gasteiger charge is -2.11. The van der Waals surface area contributed by atoms with Gasteiger partial charge in [-0.1, -0.05) is 12.1 Å². The lowest BCUT2D eigenvalue weighted by atomic mass is 10.2. The van der Waals surface area contributed by atoms with Gasteiger partial charge < -0.3 is 15.5 Å². The van der Waals surface area contributed by atoms with E-state index in [9.17, 15) is 0 Å². The molecule has 0 saturated heterocycles. The van der Waals surface area contributed by atoms with Gasteiger partial charge in [-0.25, -0.2) is 4.98 Å². The lowest BCUT2D eigenvalue weighted by molar-refractivity contribution is 0.425. The Kier molecular flexibility index (Phi) is 4.90. The Bertz CT molecular complexity index is 553. The first-order chi connectivity index (χ1) is 9.63. The van der Waals surface area contributed by atoms with Crippen molar-refractivity contribution in [1.82, 2.24) is 14.9 Å². The van der Waals surface area contributed by atoms with E-state index in [0.29, 0.717) is 5.95 Å². The summed E-state index contributed by atoms with van der Waals surface area (Å²) in [4.78, 5) is 10.8. The molecule has 0 saturated carbocycles. The summed E-state index contributed by atoms with van der Waals surface area (Å²) in [7, 11) is 4.10. The van der Waals surface area contributed by atoms with E-state index in [0.717, 1.165) is 24.6 Å². The number of hydrogen-bond acceptors (Lipinski definition) is 5. The second-order valence-corrected chi connectivity index (χ2v) is 4.99. The van der Waals surface area contributed by atoms with Gasteiger partial charge in [0.15, 0.2) is 0 Å². The molecule has 2 aromatic rings. The molecule has 20 heavy (non-hydrogen) atoms. The fraction of sp³-hybridized carbons (Fsp3) is 0.333. The molecule has 0 bridgehead atoms. The van der Waals surface area contributed by atoms with Crippen molar-refractivity contribution in [2.24, 2.45) is 0 Å². The van der Waals surface area contributed by atoms with Gasteiger partial charge in [0, 0.05) is 25.0 Å². The third-order valence-electron chi connectivity index (χ3n) is 2.79. The van der Waals surface area contributed by atoms with Crippen LogP contribution < -0.4 is 10.6 Å². The first-order valence-corrected chi connectivity index (χ1v) is 6.69. The predicted molar refractivity (Wildman–Crippen MR) is 83.5 cm³/mol. The molecule has 0 amide bonds. The maximum Gasteiger partial charge on any atom is 0.229 e. The van der Waals surface area contributed by atoms with Crippen molar-refractivity contribution in [3.63, 3.8) is 0 Å². The highest BCUT2D eigenvalue weighted by molar-refractivity contribution is 5.55. The van der Waals surface area contributed by atoms with Gasteiger partial charge in [-0.05, 0) is 44.8 Å². The predicted octanol–water partition coefficient (Wildman–Crippen LogP) is 2.50. The summed E-state index contributed by atoms with van der Waals surface area (Å²) < 4.78 is 0. The van der Waals surface area contributed by atoms with Crippen LogP contribution in [0.2, 0.25) is 0 Å². The summed E-state index contributed by atoms with van der Waals surface area (Å²) in [5, 5.41) is 6.49. The van der Waals surface area contributed by atoms with Crippen molar-refractivity contribution in [3.8, 4) is 0 Å². The van der Waals surface area contributed by atoms with Crippen LogP contribution in [0.3, 0.4) is 0 Å². The lowest BCUT2D eigenvalue weighted by Crippen LogP contribution is -2.21. The minimum atomic E-state index is 0.602. The number of benzene rings is 1. The average molecular weight is 271 g/mol. The number of aromatic nitrogens is 2. The van der Waals surface area contributed by atoms with Crippen molar-refractivity contribution < 1.29 is 0 Å². The molecule has 5 nitrogen and oxygen atoms in total. The van der Waals surface area contributed by atoms with E-state index < -0.39 is 0 Å². The molecule has 1 aromatic carbocycles. The van der Waals surface area contributed by atoms with Crippen LogP contribution in [0.15, 0.2) is 36.5 Å². The van der Waals surface area contributed by atoms with Crippen molar-refractivity contribution in [3.05, 3.63) is 42.1 Å². The normalized spacial score (nSPS) is 10.6. The largest absolute Gasteiger partial charge is 0.369 e. The highest BCUT2D eigenvalue weighted by Crippen LogP contribution is 2.15. The molecule has 0 aliphatic rings. The molecule has 0 radical (unpaired) electrons. The van der Waals surface area contributed by atoms with Crippen LogP contribution in [0, 0.1) is 6.92 Å². The van der Waals surface area contributed by atoms with Crippen LogP contribution in [0.5, 0.6) is 0 Å². The molecular formula is C15H21N5. The molecule has 2 rings (SSSR count). The smallest absolute Gasteiger partial charge is 0.229 e. The van der Waals surface area contributed by atoms with E-state index in [1.54, 1.807) is 6.20 Å². The molecule has 5 heteroatoms. The Morgan fingerprint density at radius 3 is 2.80 bits per heavy atom. The van der Waals surface area contributed by atoms with Gasteiger partial charge >= 0.3 is 0 Å². The van der Waals surface area contributed by atoms with Crippen LogP contribution in [0.1, 0.15) is 5.56 Å². The SMILES string of the molecule is Cc1cccc(Nc2nccc(NCCN(C)C)n2)c1. The summed E-state index contributed by atoms with van der Waals surface area (Å²) in [6.45, 7) is 3.88. The monoisotopic (exact) mass is 271 g/mol. The maximum absolute atomic E-state index is 4.44. The van der Waals surface area contributed by atoms with Crippen LogP contribution in [0.25, 0.3) is 0 Å². The minimum absolute atomic E-state index is 0.602. The third kappa shape index (κ3) is 4.51. The van der Waals surface area contributed by atoms with E-state index >= 15 is 0 Å². The minimum Gasteiger partial charge on any atom is -0.369 e. The molecule has 0 aliphatic carbocycles. The summed E-state index contributed by atoms with van der Waals surface area (Å²) >= 11 is 0. The van der Waals surface area contributed by atoms with Crippen molar-refractivity contribution in [1.29, 1.82) is 0 Å². The summed E-state index contributed by atoms with van der Waals surface area (Å²) in [5.74, 6) is 1.43. The zero-order valence-corrected chi connectivity index (χ0v) is 12.2. The standard InChI is InChI=1S/C15H21N5/c1-12-5-4-6-13(11-12)18-15-17-8-7-14(19-15)16-9-10-20(2)3/h4-8,11H,9-10H2,1-3H3,(H2,16,17,18,19). The van der Waals surface area contributed by atoms with Crippen LogP contribution in [-0.2, 0) is 0 Å². The number of aryl methyl sites for hydroxylation is 1. The summed E-state index contributed by atoms with van der Waals surface area (Å²) in [6, 6.07) is 10.0. The molecule has 0 spiro atoms. The first-order valence-electron chi connectivity index (χ1n) is 6.69. The molecule has 0 aliphatic heterocycles. The quantitative estimate of drug-likeness (QED) is 0.845. The van der Waals surface area contributed by atoms with Gasteiger partial charge in [-0.2, -0.15) is 4.98 Å². The second kappa shape index (κ2) is 6.86. The molecule has 0 atom stereocenters. The van der Waals surface area contributed by atoms with Gasteiger partial charge in [0.1, 0.15) is 5.82 Å². The number of likely N-dealkylation sites (N-methyl/N-ethyl adjacent to an activating group) is 1. The van der Waals surface area contributed by atoms with Crippen molar-refractivity contribution >= 4 is 17.5 Å². The van der Waals surface area contributed by atoms with E-state index in [-0.39, 0.29) is 0 Å². The molecule has 1 heterocycles. The number of nitrogens with zero attached hydrogens (tertiary/aromatic N) is 3. The first kappa shape index (κ1) is 14.3. The van der Waals surface area contributed by atoms with Gasteiger partial charge in [0.05, 0.1) is 0 Å². The zero-order chi connectivity index (χ0) is 14.4. The van der Waals surface area contributed by atoms with E-state index in [1.165, 1.54) is 5.56 Å². The van der Waals surface area contributed by atoms with Gasteiger partial charge in [-0.15, -0.1) is 0 Å². The van der Waals surface area contributed by atoms with Gasteiger partial charge in [0.2, 0.25) is 5.95 Å². The Labute approximate surface area is 120 Å². The summed E-state index contributed by atoms with van der Waals surface area (Å²) in [6.07, 6.45) is 1.75. The van der Waals surface area contributed by atoms with Crippen molar-refractivity contribution in [2.45, 2.75) is 6.92 Å². The Morgan fingerprint density at radius 2 is 2.05 bits per heavy atom. The molecule has 0 unspecified atom stereocenters. The van der Waals surface area contributed by atoms with Crippen molar-refractivity contribution in [2.75, 3.05) is 37.8 Å². The Balaban J connectivity index is 1.99. The number of nitrogens with one attached hydrogen (secondary N) is 2. The Morgan fingerprint density at radius 1 is 1.20 bits per heavy atom. The number of anilines is 3. The number of hydrogen-bond donors (Lipinski definition) is 2. The highest BCUT2D eigenvalue weighted by atomic mass is 15.1. The molecular weight excluding hydrogens is 250 g/mol. The topological polar surface area (TPSA) is 53.1 Å². The van der Waals surface area contributed by atoms with E-state index in [4.69, 9.17) is 0 Å². The molecule has 106 valence electrons. The Hall–Kier alpha value is -2.14. The fourth-order valence-corrected chi connectivity index (χ4v) is 1.78. The van der Waals surface area contributed by atoms with E-state index in [2.05, 4.69) is 44.6 Å². The molecule has 1 aromatic heterocycles. The van der Waals surface area contributed by atoms with E-state index in [1.807, 2.05) is 32.3 Å². The fourth-order valence-electron chi connectivity index (χ4n) is 1.78. The molecule has 0 fully saturated rings. The van der Waals surface area contributed by atoms with Gasteiger partial charge in [0.25, 0.3) is 0 Å². The van der Waals surface area contributed by atoms with Gasteiger partial charge in [-0.3, -0.25) is 0 Å². The highest BCUT2D eigenvalue weighted by Gasteiger charge is 2.00. The zero-order valence-electron chi connectivity index (χ0n) is 12.2. The maximum atomic E-state index is 4.44. The van der Waals surface area contributed by atoms with Crippen LogP contribution in [-0.4, -0.2) is 42.1 Å². The molecule has 2 N–H and O–H groups in total. The third-order valence-corrected chi connectivity index (χ3v) is 2.79. The second-order valence-electron chi connectivity index (χ2n) is 4.99. The average Bonchev–Trinajstić information content (AvgIpc) is 2.39.